The highest BCUT2D eigenvalue weighted by molar-refractivity contribution is 5.98. The molecule has 2 amide bonds. The van der Waals surface area contributed by atoms with E-state index in [0.29, 0.717) is 24.4 Å². The predicted octanol–water partition coefficient (Wildman–Crippen LogP) is 3.11. The van der Waals surface area contributed by atoms with Gasteiger partial charge in [0.15, 0.2) is 0 Å². The molecule has 25 heavy (non-hydrogen) atoms. The molecule has 1 fully saturated rings. The Labute approximate surface area is 147 Å². The maximum atomic E-state index is 12.4. The van der Waals surface area contributed by atoms with Crippen LogP contribution in [0.2, 0.25) is 0 Å². The van der Waals surface area contributed by atoms with E-state index < -0.39 is 0 Å². The van der Waals surface area contributed by atoms with Gasteiger partial charge < -0.3 is 15.4 Å². The van der Waals surface area contributed by atoms with Crippen molar-refractivity contribution in [2.24, 2.45) is 5.92 Å². The Bertz CT molecular complexity index is 769. The summed E-state index contributed by atoms with van der Waals surface area (Å²) in [5.74, 6) is -0.00411. The molecule has 5 nitrogen and oxygen atoms in total. The number of nitrogens with one attached hydrogen (secondary N) is 2. The van der Waals surface area contributed by atoms with Gasteiger partial charge in [0, 0.05) is 30.8 Å². The number of carbonyl (C=O) groups is 2. The molecule has 2 aromatic carbocycles. The van der Waals surface area contributed by atoms with Gasteiger partial charge in [-0.1, -0.05) is 30.3 Å². The molecule has 1 saturated carbocycles. The number of hydrogen-bond acceptors (Lipinski definition) is 3. The lowest BCUT2D eigenvalue weighted by atomic mass is 10.1. The third-order valence-electron chi connectivity index (χ3n) is 4.20. The first-order valence-corrected chi connectivity index (χ1v) is 8.42. The van der Waals surface area contributed by atoms with Crippen molar-refractivity contribution in [3.63, 3.8) is 0 Å². The zero-order chi connectivity index (χ0) is 17.6. The molecule has 3 rings (SSSR count). The Kier molecular flexibility index (Phi) is 5.46. The summed E-state index contributed by atoms with van der Waals surface area (Å²) in [7, 11) is 1.65. The first-order valence-electron chi connectivity index (χ1n) is 8.42. The summed E-state index contributed by atoms with van der Waals surface area (Å²) in [4.78, 5) is 24.3. The van der Waals surface area contributed by atoms with E-state index in [1.54, 1.807) is 31.4 Å². The molecule has 0 bridgehead atoms. The molecule has 2 N–H and O–H groups in total. The molecule has 0 aliphatic heterocycles. The van der Waals surface area contributed by atoms with E-state index in [9.17, 15) is 9.59 Å². The van der Waals surface area contributed by atoms with Gasteiger partial charge in [-0.25, -0.2) is 0 Å². The third kappa shape index (κ3) is 4.67. The zero-order valence-corrected chi connectivity index (χ0v) is 14.2. The molecule has 1 aliphatic rings. The Morgan fingerprint density at radius 1 is 1.08 bits per heavy atom. The second-order valence-electron chi connectivity index (χ2n) is 6.23. The monoisotopic (exact) mass is 338 g/mol. The second-order valence-corrected chi connectivity index (χ2v) is 6.23. The van der Waals surface area contributed by atoms with Crippen molar-refractivity contribution in [2.45, 2.75) is 26.0 Å². The molecule has 0 spiro atoms. The summed E-state index contributed by atoms with van der Waals surface area (Å²) in [5, 5.41) is 5.79. The van der Waals surface area contributed by atoms with Crippen molar-refractivity contribution in [1.29, 1.82) is 0 Å². The van der Waals surface area contributed by atoms with Crippen LogP contribution in [0, 0.1) is 5.92 Å². The van der Waals surface area contributed by atoms with Crippen LogP contribution >= 0.6 is 0 Å². The highest BCUT2D eigenvalue weighted by Crippen LogP contribution is 2.30. The van der Waals surface area contributed by atoms with Crippen molar-refractivity contribution in [3.05, 3.63) is 65.2 Å². The summed E-state index contributed by atoms with van der Waals surface area (Å²) in [6.45, 7) is 0.936. The minimum Gasteiger partial charge on any atom is -0.380 e. The predicted molar refractivity (Wildman–Crippen MR) is 96.1 cm³/mol. The Balaban J connectivity index is 1.62. The lowest BCUT2D eigenvalue weighted by Gasteiger charge is -2.11. The Morgan fingerprint density at radius 2 is 1.84 bits per heavy atom. The SMILES string of the molecule is COCc1ccccc1CNC(=O)c1cccc(NC(=O)C2CC2)c1. The molecule has 5 heteroatoms. The van der Waals surface area contributed by atoms with Crippen LogP contribution in [0.3, 0.4) is 0 Å². The number of carbonyl (C=O) groups excluding carboxylic acids is 2. The van der Waals surface area contributed by atoms with Gasteiger partial charge in [0.25, 0.3) is 5.91 Å². The van der Waals surface area contributed by atoms with E-state index in [0.717, 1.165) is 24.0 Å². The highest BCUT2D eigenvalue weighted by Gasteiger charge is 2.29. The molecule has 0 atom stereocenters. The Hall–Kier alpha value is -2.66. The van der Waals surface area contributed by atoms with Crippen LogP contribution in [0.4, 0.5) is 5.69 Å². The topological polar surface area (TPSA) is 67.4 Å². The van der Waals surface area contributed by atoms with Crippen LogP contribution in [0.5, 0.6) is 0 Å². The van der Waals surface area contributed by atoms with Crippen molar-refractivity contribution >= 4 is 17.5 Å². The van der Waals surface area contributed by atoms with Gasteiger partial charge in [-0.2, -0.15) is 0 Å². The van der Waals surface area contributed by atoms with Crippen molar-refractivity contribution < 1.29 is 14.3 Å². The molecular formula is C20H22N2O3. The van der Waals surface area contributed by atoms with E-state index in [-0.39, 0.29) is 17.7 Å². The molecule has 0 saturated heterocycles. The van der Waals surface area contributed by atoms with Gasteiger partial charge in [-0.15, -0.1) is 0 Å². The fourth-order valence-electron chi connectivity index (χ4n) is 2.63. The number of methoxy groups -OCH3 is 1. The molecular weight excluding hydrogens is 316 g/mol. The van der Waals surface area contributed by atoms with Crippen LogP contribution in [0.15, 0.2) is 48.5 Å². The van der Waals surface area contributed by atoms with Gasteiger partial charge in [0.05, 0.1) is 6.61 Å². The normalized spacial score (nSPS) is 13.3. The highest BCUT2D eigenvalue weighted by atomic mass is 16.5. The summed E-state index contributed by atoms with van der Waals surface area (Å²) < 4.78 is 5.18. The number of benzene rings is 2. The van der Waals surface area contributed by atoms with Crippen LogP contribution in [0.25, 0.3) is 0 Å². The molecule has 0 aromatic heterocycles. The van der Waals surface area contributed by atoms with Crippen molar-refractivity contribution in [3.8, 4) is 0 Å². The smallest absolute Gasteiger partial charge is 0.251 e. The average molecular weight is 338 g/mol. The summed E-state index contributed by atoms with van der Waals surface area (Å²) in [6, 6.07) is 14.9. The van der Waals surface area contributed by atoms with Crippen LogP contribution in [-0.2, 0) is 22.7 Å². The first-order chi connectivity index (χ1) is 12.2. The van der Waals surface area contributed by atoms with E-state index in [1.807, 2.05) is 24.3 Å². The van der Waals surface area contributed by atoms with E-state index >= 15 is 0 Å². The van der Waals surface area contributed by atoms with Crippen molar-refractivity contribution in [1.82, 2.24) is 5.32 Å². The van der Waals surface area contributed by atoms with Gasteiger partial charge in [-0.3, -0.25) is 9.59 Å². The maximum Gasteiger partial charge on any atom is 0.251 e. The molecule has 130 valence electrons. The minimum atomic E-state index is -0.172. The fraction of sp³-hybridized carbons (Fsp3) is 0.300. The summed E-state index contributed by atoms with van der Waals surface area (Å²) in [6.07, 6.45) is 1.90. The lowest BCUT2D eigenvalue weighted by molar-refractivity contribution is -0.117. The minimum absolute atomic E-state index is 0.0334. The third-order valence-corrected chi connectivity index (χ3v) is 4.20. The number of ether oxygens (including phenoxy) is 1. The van der Waals surface area contributed by atoms with Crippen LogP contribution in [0.1, 0.15) is 34.3 Å². The summed E-state index contributed by atoms with van der Waals surface area (Å²) >= 11 is 0. The molecule has 1 aliphatic carbocycles. The molecule has 0 unspecified atom stereocenters. The lowest BCUT2D eigenvalue weighted by Crippen LogP contribution is -2.23. The molecule has 0 radical (unpaired) electrons. The quantitative estimate of drug-likeness (QED) is 0.815. The number of hydrogen-bond donors (Lipinski definition) is 2. The van der Waals surface area contributed by atoms with Gasteiger partial charge in [0.2, 0.25) is 5.91 Å². The average Bonchev–Trinajstić information content (AvgIpc) is 3.46. The Morgan fingerprint density at radius 3 is 2.56 bits per heavy atom. The van der Waals surface area contributed by atoms with E-state index in [2.05, 4.69) is 10.6 Å². The van der Waals surface area contributed by atoms with Gasteiger partial charge in [0.1, 0.15) is 0 Å². The molecule has 0 heterocycles. The number of amides is 2. The summed E-state index contributed by atoms with van der Waals surface area (Å²) in [5.41, 5.74) is 3.26. The first kappa shape index (κ1) is 17.2. The second kappa shape index (κ2) is 7.94. The van der Waals surface area contributed by atoms with E-state index in [1.165, 1.54) is 0 Å². The molecule has 2 aromatic rings. The van der Waals surface area contributed by atoms with E-state index in [4.69, 9.17) is 4.74 Å². The maximum absolute atomic E-state index is 12.4. The standard InChI is InChI=1S/C20H22N2O3/c1-25-13-17-6-3-2-5-16(17)12-21-19(23)15-7-4-8-18(11-15)22-20(24)14-9-10-14/h2-8,11,14H,9-10,12-13H2,1H3,(H,21,23)(H,22,24). The van der Waals surface area contributed by atoms with Crippen LogP contribution in [-0.4, -0.2) is 18.9 Å². The fourth-order valence-corrected chi connectivity index (χ4v) is 2.63. The van der Waals surface area contributed by atoms with Gasteiger partial charge >= 0.3 is 0 Å². The number of anilines is 1. The number of rotatable bonds is 7. The zero-order valence-electron chi connectivity index (χ0n) is 14.2. The van der Waals surface area contributed by atoms with Crippen LogP contribution < -0.4 is 10.6 Å². The largest absolute Gasteiger partial charge is 0.380 e. The van der Waals surface area contributed by atoms with Gasteiger partial charge in [-0.05, 0) is 42.2 Å². The van der Waals surface area contributed by atoms with Crippen molar-refractivity contribution in [2.75, 3.05) is 12.4 Å².